The minimum absolute atomic E-state index is 0.159. The molecular formula is C15H24O8. The van der Waals surface area contributed by atoms with Crippen molar-refractivity contribution in [1.29, 1.82) is 0 Å². The predicted molar refractivity (Wildman–Crippen MR) is 78.7 cm³/mol. The van der Waals surface area contributed by atoms with E-state index < -0.39 is 42.3 Å². The topological polar surface area (TPSA) is 116 Å². The Morgan fingerprint density at radius 3 is 2.22 bits per heavy atom. The molecule has 23 heavy (non-hydrogen) atoms. The second-order valence-corrected chi connectivity index (χ2v) is 5.07. The van der Waals surface area contributed by atoms with E-state index in [1.807, 2.05) is 0 Å². The fraction of sp³-hybridized carbons (Fsp3) is 0.733. The number of hydrogen-bond acceptors (Lipinski definition) is 7. The van der Waals surface area contributed by atoms with Crippen LogP contribution in [0.15, 0.2) is 0 Å². The van der Waals surface area contributed by atoms with Crippen molar-refractivity contribution < 1.29 is 38.5 Å². The number of carbonyl (C=O) groups is 4. The summed E-state index contributed by atoms with van der Waals surface area (Å²) >= 11 is 0. The number of rotatable bonds is 12. The van der Waals surface area contributed by atoms with Crippen molar-refractivity contribution >= 4 is 23.7 Å². The summed E-state index contributed by atoms with van der Waals surface area (Å²) in [5.41, 5.74) is 0. The van der Waals surface area contributed by atoms with Gasteiger partial charge in [0, 0.05) is 20.1 Å². The first-order valence-corrected chi connectivity index (χ1v) is 7.39. The molecule has 0 fully saturated rings. The van der Waals surface area contributed by atoms with Gasteiger partial charge in [0.05, 0.1) is 6.42 Å². The number of Topliss-reactive ketones (excluding diaryl/α,β-unsaturated/α-hetero) is 1. The average molecular weight is 332 g/mol. The van der Waals surface area contributed by atoms with Crippen LogP contribution in [0.4, 0.5) is 0 Å². The van der Waals surface area contributed by atoms with Crippen molar-refractivity contribution in [1.82, 2.24) is 0 Å². The molecule has 0 aliphatic rings. The van der Waals surface area contributed by atoms with Crippen molar-refractivity contribution in [2.45, 2.75) is 58.2 Å². The molecule has 0 spiro atoms. The van der Waals surface area contributed by atoms with Crippen molar-refractivity contribution in [2.24, 2.45) is 0 Å². The van der Waals surface area contributed by atoms with E-state index in [0.717, 1.165) is 19.8 Å². The van der Waals surface area contributed by atoms with E-state index in [-0.39, 0.29) is 6.42 Å². The summed E-state index contributed by atoms with van der Waals surface area (Å²) < 4.78 is 14.6. The molecule has 8 nitrogen and oxygen atoms in total. The Bertz CT molecular complexity index is 418. The van der Waals surface area contributed by atoms with E-state index in [4.69, 9.17) is 19.3 Å². The third-order valence-electron chi connectivity index (χ3n) is 2.94. The molecule has 0 radical (unpaired) electrons. The molecule has 0 rings (SSSR count). The number of carboxylic acids is 1. The van der Waals surface area contributed by atoms with Crippen LogP contribution in [-0.4, -0.2) is 54.7 Å². The van der Waals surface area contributed by atoms with Gasteiger partial charge < -0.3 is 19.3 Å². The third kappa shape index (κ3) is 10.4. The Kier molecular flexibility index (Phi) is 10.6. The van der Waals surface area contributed by atoms with Gasteiger partial charge in [-0.3, -0.25) is 14.4 Å². The van der Waals surface area contributed by atoms with E-state index in [2.05, 4.69) is 0 Å². The molecule has 2 unspecified atom stereocenters. The van der Waals surface area contributed by atoms with E-state index in [9.17, 15) is 19.2 Å². The summed E-state index contributed by atoms with van der Waals surface area (Å²) in [7, 11) is 1.60. The van der Waals surface area contributed by atoms with Crippen LogP contribution in [0, 0.1) is 0 Å². The predicted octanol–water partition coefficient (Wildman–Crippen LogP) is 1.10. The van der Waals surface area contributed by atoms with Gasteiger partial charge in [-0.1, -0.05) is 6.42 Å². The van der Waals surface area contributed by atoms with Crippen molar-refractivity contribution in [2.75, 3.05) is 13.7 Å². The van der Waals surface area contributed by atoms with Gasteiger partial charge in [0.25, 0.3) is 0 Å². The number of esters is 2. The molecule has 0 amide bonds. The molecule has 8 heteroatoms. The zero-order valence-electron chi connectivity index (χ0n) is 13.7. The largest absolute Gasteiger partial charge is 0.481 e. The molecular weight excluding hydrogens is 308 g/mol. The Morgan fingerprint density at radius 2 is 1.70 bits per heavy atom. The Hall–Kier alpha value is -1.96. The lowest BCUT2D eigenvalue weighted by Gasteiger charge is -2.17. The van der Waals surface area contributed by atoms with Gasteiger partial charge in [0.1, 0.15) is 0 Å². The maximum atomic E-state index is 11.7. The summed E-state index contributed by atoms with van der Waals surface area (Å²) in [5.74, 6) is -3.35. The highest BCUT2D eigenvalue weighted by atomic mass is 16.6. The molecule has 1 N–H and O–H groups in total. The second-order valence-electron chi connectivity index (χ2n) is 5.07. The van der Waals surface area contributed by atoms with E-state index >= 15 is 0 Å². The van der Waals surface area contributed by atoms with Gasteiger partial charge in [-0.15, -0.1) is 0 Å². The summed E-state index contributed by atoms with van der Waals surface area (Å²) in [6.45, 7) is 3.05. The second kappa shape index (κ2) is 11.6. The van der Waals surface area contributed by atoms with Crippen molar-refractivity contribution in [3.05, 3.63) is 0 Å². The van der Waals surface area contributed by atoms with Crippen LogP contribution in [0.2, 0.25) is 0 Å². The quantitative estimate of drug-likeness (QED) is 0.417. The first-order chi connectivity index (χ1) is 10.8. The minimum atomic E-state index is -1.38. The number of hydrogen-bond donors (Lipinski definition) is 1. The van der Waals surface area contributed by atoms with Gasteiger partial charge in [-0.2, -0.15) is 0 Å². The number of unbranched alkanes of at least 4 members (excludes halogenated alkanes) is 2. The zero-order chi connectivity index (χ0) is 17.8. The summed E-state index contributed by atoms with van der Waals surface area (Å²) in [5, 5.41) is 8.65. The Balaban J connectivity index is 4.19. The Morgan fingerprint density at radius 1 is 1.04 bits per heavy atom. The fourth-order valence-electron chi connectivity index (χ4n) is 1.66. The molecule has 0 aromatic carbocycles. The average Bonchev–Trinajstić information content (AvgIpc) is 2.45. The summed E-state index contributed by atoms with van der Waals surface area (Å²) in [6, 6.07) is 0. The normalized spacial score (nSPS) is 13.0. The van der Waals surface area contributed by atoms with Crippen LogP contribution in [-0.2, 0) is 33.4 Å². The molecule has 0 saturated carbocycles. The molecule has 0 aromatic rings. The number of methoxy groups -OCH3 is 1. The lowest BCUT2D eigenvalue weighted by Crippen LogP contribution is -2.34. The number of aliphatic carboxylic acids is 1. The lowest BCUT2D eigenvalue weighted by atomic mass is 10.2. The van der Waals surface area contributed by atoms with Gasteiger partial charge in [0.15, 0.2) is 18.0 Å². The van der Waals surface area contributed by atoms with Crippen LogP contribution in [0.1, 0.15) is 46.0 Å². The van der Waals surface area contributed by atoms with Crippen molar-refractivity contribution in [3.8, 4) is 0 Å². The van der Waals surface area contributed by atoms with Crippen LogP contribution in [0.3, 0.4) is 0 Å². The smallest absolute Gasteiger partial charge is 0.347 e. The Labute approximate surface area is 135 Å². The van der Waals surface area contributed by atoms with E-state index in [1.54, 1.807) is 7.11 Å². The molecule has 0 aliphatic carbocycles. The molecule has 0 aromatic heterocycles. The van der Waals surface area contributed by atoms with Crippen LogP contribution >= 0.6 is 0 Å². The maximum absolute atomic E-state index is 11.7. The standard InChI is InChI=1S/C15H24O8/c1-10(16)12(9-13(17)18)23-15(20)11(2)22-14(19)7-5-4-6-8-21-3/h11-12H,4-9H2,1-3H3,(H,17,18). The number of ether oxygens (including phenoxy) is 3. The minimum Gasteiger partial charge on any atom is -0.481 e. The lowest BCUT2D eigenvalue weighted by molar-refractivity contribution is -0.173. The molecule has 2 atom stereocenters. The molecule has 0 heterocycles. The monoisotopic (exact) mass is 332 g/mol. The molecule has 0 saturated heterocycles. The summed E-state index contributed by atoms with van der Waals surface area (Å²) in [6.07, 6.45) is -0.802. The summed E-state index contributed by atoms with van der Waals surface area (Å²) in [4.78, 5) is 45.1. The number of ketones is 1. The highest BCUT2D eigenvalue weighted by Gasteiger charge is 2.27. The van der Waals surface area contributed by atoms with E-state index in [1.165, 1.54) is 6.92 Å². The number of carbonyl (C=O) groups excluding carboxylic acids is 3. The molecule has 132 valence electrons. The van der Waals surface area contributed by atoms with Crippen LogP contribution in [0.5, 0.6) is 0 Å². The fourth-order valence-corrected chi connectivity index (χ4v) is 1.66. The van der Waals surface area contributed by atoms with Gasteiger partial charge >= 0.3 is 17.9 Å². The van der Waals surface area contributed by atoms with Gasteiger partial charge in [-0.05, 0) is 26.7 Å². The first kappa shape index (κ1) is 21.0. The van der Waals surface area contributed by atoms with Gasteiger partial charge in [0.2, 0.25) is 0 Å². The third-order valence-corrected chi connectivity index (χ3v) is 2.94. The highest BCUT2D eigenvalue weighted by molar-refractivity contribution is 5.88. The molecule has 0 aliphatic heterocycles. The van der Waals surface area contributed by atoms with Crippen LogP contribution < -0.4 is 0 Å². The van der Waals surface area contributed by atoms with Crippen molar-refractivity contribution in [3.63, 3.8) is 0 Å². The van der Waals surface area contributed by atoms with Gasteiger partial charge in [-0.25, -0.2) is 4.79 Å². The molecule has 0 bridgehead atoms. The maximum Gasteiger partial charge on any atom is 0.347 e. The number of carboxylic acid groups (broad SMARTS) is 1. The first-order valence-electron chi connectivity index (χ1n) is 7.39. The van der Waals surface area contributed by atoms with E-state index in [0.29, 0.717) is 13.0 Å². The zero-order valence-corrected chi connectivity index (χ0v) is 13.7. The highest BCUT2D eigenvalue weighted by Crippen LogP contribution is 2.07. The van der Waals surface area contributed by atoms with Crippen LogP contribution in [0.25, 0.3) is 0 Å². The SMILES string of the molecule is COCCCCCC(=O)OC(C)C(=O)OC(CC(=O)O)C(C)=O.